The molecule has 0 saturated carbocycles. The van der Waals surface area contributed by atoms with E-state index in [0.717, 1.165) is 71.3 Å². The van der Waals surface area contributed by atoms with Gasteiger partial charge in [0.2, 0.25) is 0 Å². The Bertz CT molecular complexity index is 914. The van der Waals surface area contributed by atoms with E-state index in [2.05, 4.69) is 20.8 Å². The number of ether oxygens (including phenoxy) is 3. The molecule has 2 rings (SSSR count). The van der Waals surface area contributed by atoms with E-state index in [9.17, 15) is 4.79 Å². The topological polar surface area (TPSA) is 44.8 Å². The van der Waals surface area contributed by atoms with E-state index < -0.39 is 0 Å². The summed E-state index contributed by atoms with van der Waals surface area (Å²) < 4.78 is 18.9. The van der Waals surface area contributed by atoms with E-state index >= 15 is 0 Å². The minimum Gasteiger partial charge on any atom is -1.00 e. The van der Waals surface area contributed by atoms with E-state index in [4.69, 9.17) is 14.2 Å². The maximum atomic E-state index is 13.6. The second-order valence-electron chi connectivity index (χ2n) is 10.2. The van der Waals surface area contributed by atoms with Gasteiger partial charge in [-0.3, -0.25) is 4.79 Å². The molecule has 0 spiro atoms. The first-order chi connectivity index (χ1) is 18.5. The monoisotopic (exact) mass is 550 g/mol. The Balaban J connectivity index is 0.00000760. The molecule has 0 aliphatic rings. The van der Waals surface area contributed by atoms with E-state index in [1.807, 2.05) is 44.2 Å². The quantitative estimate of drug-likeness (QED) is 0.102. The Kier molecular flexibility index (Phi) is 19.4. The molecule has 1 unspecified atom stereocenters. The van der Waals surface area contributed by atoms with Crippen LogP contribution in [0.15, 0.2) is 30.3 Å². The van der Waals surface area contributed by atoms with Crippen molar-refractivity contribution in [3.8, 4) is 17.2 Å². The van der Waals surface area contributed by atoms with Crippen LogP contribution in [0, 0.1) is 13.8 Å². The molecule has 0 aromatic heterocycles. The van der Waals surface area contributed by atoms with Crippen molar-refractivity contribution in [1.82, 2.24) is 0 Å². The van der Waals surface area contributed by atoms with Crippen LogP contribution in [0.3, 0.4) is 0 Å². The van der Waals surface area contributed by atoms with Gasteiger partial charge >= 0.3 is 18.9 Å². The summed E-state index contributed by atoms with van der Waals surface area (Å²) in [5.41, 5.74) is 2.96. The van der Waals surface area contributed by atoms with Crippen molar-refractivity contribution in [2.45, 2.75) is 112 Å². The summed E-state index contributed by atoms with van der Waals surface area (Å²) in [6, 6.07) is 9.98. The summed E-state index contributed by atoms with van der Waals surface area (Å²) in [6.07, 6.45) is 13.7. The second kappa shape index (κ2) is 21.3. The van der Waals surface area contributed by atoms with Gasteiger partial charge in [0.05, 0.1) is 25.1 Å². The first kappa shape index (κ1) is 35.6. The van der Waals surface area contributed by atoms with E-state index in [-0.39, 0.29) is 34.4 Å². The zero-order valence-corrected chi connectivity index (χ0v) is 26.6. The predicted octanol–water partition coefficient (Wildman–Crippen LogP) is 6.44. The summed E-state index contributed by atoms with van der Waals surface area (Å²) in [7, 11) is -0.0752. The number of benzene rings is 2. The Morgan fingerprint density at radius 3 is 1.56 bits per heavy atom. The standard InChI is InChI=1S/C33H51O4P.Li.H/c1-6-9-12-15-21-35-28-24-29(36-22-16-13-10-7-2)32(30(25-28)37-23-17-14-11-8-3)38-33(34)31-26(4)19-18-20-27(31)5;;/h18-20,24-25,38H,6-17,21-23H2,1-5H3;;/q;+1;-1. The number of unbranched alkanes of at least 4 members (excludes halogenated alkanes) is 9. The summed E-state index contributed by atoms with van der Waals surface area (Å²) in [4.78, 5) is 13.6. The summed E-state index contributed by atoms with van der Waals surface area (Å²) in [6.45, 7) is 12.6. The van der Waals surface area contributed by atoms with Crippen molar-refractivity contribution in [2.75, 3.05) is 19.8 Å². The fourth-order valence-corrected chi connectivity index (χ4v) is 5.77. The van der Waals surface area contributed by atoms with Crippen LogP contribution >= 0.6 is 8.58 Å². The van der Waals surface area contributed by atoms with Gasteiger partial charge < -0.3 is 15.6 Å². The van der Waals surface area contributed by atoms with Gasteiger partial charge in [-0.1, -0.05) is 96.8 Å². The molecular formula is C33H52LiO4P. The van der Waals surface area contributed by atoms with E-state index in [1.165, 1.54) is 44.9 Å². The van der Waals surface area contributed by atoms with Crippen LogP contribution in [0.5, 0.6) is 17.2 Å². The number of carbonyl (C=O) groups excluding carboxylic acids is 1. The molecule has 214 valence electrons. The second-order valence-corrected chi connectivity index (χ2v) is 11.4. The molecule has 0 bridgehead atoms. The van der Waals surface area contributed by atoms with E-state index in [0.29, 0.717) is 19.8 Å². The van der Waals surface area contributed by atoms with Crippen LogP contribution in [0.2, 0.25) is 0 Å². The largest absolute Gasteiger partial charge is 1.00 e. The third-order valence-corrected chi connectivity index (χ3v) is 7.98. The number of hydrogen-bond acceptors (Lipinski definition) is 4. The molecule has 2 aromatic rings. The van der Waals surface area contributed by atoms with Gasteiger partial charge in [0.15, 0.2) is 5.52 Å². The predicted molar refractivity (Wildman–Crippen MR) is 165 cm³/mol. The number of hydrogen-bond donors (Lipinski definition) is 0. The Morgan fingerprint density at radius 1 is 0.692 bits per heavy atom. The van der Waals surface area contributed by atoms with Gasteiger partial charge in [0.25, 0.3) is 0 Å². The van der Waals surface area contributed by atoms with Crippen molar-refractivity contribution < 1.29 is 39.3 Å². The molecule has 0 aliphatic heterocycles. The van der Waals surface area contributed by atoms with Crippen LogP contribution in [0.1, 0.15) is 121 Å². The SMILES string of the molecule is CCCCCCOc1cc(OCCCCCC)c(PC(=O)c2c(C)cccc2C)c(OCCCCCC)c1.[H-].[Li+]. The number of aryl methyl sites for hydroxylation is 2. The van der Waals surface area contributed by atoms with Crippen molar-refractivity contribution in [2.24, 2.45) is 0 Å². The van der Waals surface area contributed by atoms with Crippen molar-refractivity contribution in [1.29, 1.82) is 0 Å². The normalized spacial score (nSPS) is 11.0. The third kappa shape index (κ3) is 13.2. The molecule has 39 heavy (non-hydrogen) atoms. The van der Waals surface area contributed by atoms with Crippen molar-refractivity contribution >= 4 is 19.4 Å². The smallest absolute Gasteiger partial charge is 1.00 e. The van der Waals surface area contributed by atoms with Crippen LogP contribution in [0.4, 0.5) is 0 Å². The zero-order chi connectivity index (χ0) is 27.6. The minimum atomic E-state index is -0.0752. The molecule has 2 aromatic carbocycles. The minimum absolute atomic E-state index is 0. The molecule has 6 heteroatoms. The average Bonchev–Trinajstić information content (AvgIpc) is 2.89. The molecular weight excluding hydrogens is 498 g/mol. The van der Waals surface area contributed by atoms with Gasteiger partial charge in [-0.25, -0.2) is 0 Å². The Hall–Kier alpha value is -1.46. The van der Waals surface area contributed by atoms with E-state index in [1.54, 1.807) is 0 Å². The third-order valence-electron chi connectivity index (χ3n) is 6.76. The van der Waals surface area contributed by atoms with Crippen molar-refractivity contribution in [3.63, 3.8) is 0 Å². The first-order valence-corrected chi connectivity index (χ1v) is 16.0. The first-order valence-electron chi connectivity index (χ1n) is 15.0. The zero-order valence-electron chi connectivity index (χ0n) is 26.6. The number of carbonyl (C=O) groups is 1. The molecule has 0 fully saturated rings. The molecule has 1 atom stereocenters. The summed E-state index contributed by atoms with van der Waals surface area (Å²) in [5.74, 6) is 2.23. The summed E-state index contributed by atoms with van der Waals surface area (Å²) >= 11 is 0. The van der Waals surface area contributed by atoms with Gasteiger partial charge in [0.1, 0.15) is 17.2 Å². The molecule has 0 heterocycles. The maximum Gasteiger partial charge on any atom is 1.00 e. The van der Waals surface area contributed by atoms with Crippen LogP contribution in [-0.4, -0.2) is 25.3 Å². The van der Waals surface area contributed by atoms with Crippen LogP contribution < -0.4 is 38.4 Å². The average molecular weight is 551 g/mol. The fraction of sp³-hybridized carbons (Fsp3) is 0.606. The van der Waals surface area contributed by atoms with Crippen LogP contribution in [-0.2, 0) is 0 Å². The Labute approximate surface area is 253 Å². The molecule has 0 aliphatic carbocycles. The van der Waals surface area contributed by atoms with Gasteiger partial charge in [0, 0.05) is 17.7 Å². The van der Waals surface area contributed by atoms with Gasteiger partial charge in [-0.2, -0.15) is 0 Å². The molecule has 0 N–H and O–H groups in total. The summed E-state index contributed by atoms with van der Waals surface area (Å²) in [5, 5.41) is 0.863. The van der Waals surface area contributed by atoms with Crippen molar-refractivity contribution in [3.05, 3.63) is 47.0 Å². The van der Waals surface area contributed by atoms with Gasteiger partial charge in [-0.05, 0) is 52.8 Å². The molecule has 0 saturated heterocycles. The molecule has 0 radical (unpaired) electrons. The van der Waals surface area contributed by atoms with Gasteiger partial charge in [-0.15, -0.1) is 0 Å². The molecule has 4 nitrogen and oxygen atoms in total. The number of rotatable bonds is 21. The Morgan fingerprint density at radius 2 is 1.13 bits per heavy atom. The van der Waals surface area contributed by atoms with Crippen LogP contribution in [0.25, 0.3) is 0 Å². The fourth-order valence-electron chi connectivity index (χ4n) is 4.49. The molecule has 0 amide bonds. The maximum absolute atomic E-state index is 13.6.